The number of benzene rings is 1. The summed E-state index contributed by atoms with van der Waals surface area (Å²) in [4.78, 5) is 29.6. The molecule has 3 aromatic rings. The van der Waals surface area contributed by atoms with E-state index in [9.17, 15) is 9.59 Å². The number of hydrogen-bond donors (Lipinski definition) is 1. The minimum absolute atomic E-state index is 0.133. The van der Waals surface area contributed by atoms with E-state index in [2.05, 4.69) is 10.3 Å². The van der Waals surface area contributed by atoms with Gasteiger partial charge in [-0.1, -0.05) is 6.07 Å². The lowest BCUT2D eigenvalue weighted by molar-refractivity contribution is -0.120. The molecule has 0 fully saturated rings. The Morgan fingerprint density at radius 3 is 2.92 bits per heavy atom. The molecule has 0 atom stereocenters. The van der Waals surface area contributed by atoms with E-state index in [1.54, 1.807) is 55.0 Å². The van der Waals surface area contributed by atoms with Crippen LogP contribution in [0, 0.1) is 0 Å². The number of carbonyl (C=O) groups excluding carboxylic acids is 2. The number of carbonyl (C=O) groups is 2. The number of anilines is 2. The van der Waals surface area contributed by atoms with Gasteiger partial charge in [-0.15, -0.1) is 11.3 Å². The van der Waals surface area contributed by atoms with Gasteiger partial charge in [-0.25, -0.2) is 4.98 Å². The first-order chi connectivity index (χ1) is 12.1. The molecule has 128 valence electrons. The highest BCUT2D eigenvalue weighted by Crippen LogP contribution is 2.19. The lowest BCUT2D eigenvalue weighted by Gasteiger charge is -2.14. The SMILES string of the molecule is CN(C(=O)COc1cccc(NC(=O)c2ccco2)c1)c1nccs1. The maximum absolute atomic E-state index is 12.1. The lowest BCUT2D eigenvalue weighted by atomic mass is 10.3. The Balaban J connectivity index is 1.58. The van der Waals surface area contributed by atoms with Gasteiger partial charge in [0.05, 0.1) is 6.26 Å². The van der Waals surface area contributed by atoms with Gasteiger partial charge >= 0.3 is 0 Å². The van der Waals surface area contributed by atoms with E-state index >= 15 is 0 Å². The Kier molecular flexibility index (Phi) is 5.10. The zero-order chi connectivity index (χ0) is 17.6. The Morgan fingerprint density at radius 2 is 2.20 bits per heavy atom. The van der Waals surface area contributed by atoms with Crippen LogP contribution < -0.4 is 15.0 Å². The highest BCUT2D eigenvalue weighted by Gasteiger charge is 2.14. The second kappa shape index (κ2) is 7.63. The Hall–Kier alpha value is -3.13. The molecule has 1 N–H and O–H groups in total. The van der Waals surface area contributed by atoms with Crippen LogP contribution in [-0.4, -0.2) is 30.5 Å². The maximum Gasteiger partial charge on any atom is 0.291 e. The topological polar surface area (TPSA) is 84.7 Å². The van der Waals surface area contributed by atoms with E-state index < -0.39 is 0 Å². The molecule has 1 aromatic carbocycles. The number of hydrogen-bond acceptors (Lipinski definition) is 6. The van der Waals surface area contributed by atoms with Gasteiger partial charge in [0.1, 0.15) is 5.75 Å². The van der Waals surface area contributed by atoms with Crippen LogP contribution in [0.25, 0.3) is 0 Å². The van der Waals surface area contributed by atoms with Crippen molar-refractivity contribution in [3.8, 4) is 5.75 Å². The summed E-state index contributed by atoms with van der Waals surface area (Å²) in [5, 5.41) is 5.10. The molecule has 0 aliphatic heterocycles. The summed E-state index contributed by atoms with van der Waals surface area (Å²) in [7, 11) is 1.64. The van der Waals surface area contributed by atoms with Crippen molar-refractivity contribution < 1.29 is 18.7 Å². The van der Waals surface area contributed by atoms with Crippen molar-refractivity contribution >= 4 is 34.0 Å². The fraction of sp³-hybridized carbons (Fsp3) is 0.118. The highest BCUT2D eigenvalue weighted by molar-refractivity contribution is 7.13. The maximum atomic E-state index is 12.1. The summed E-state index contributed by atoms with van der Waals surface area (Å²) in [6.07, 6.45) is 3.06. The van der Waals surface area contributed by atoms with Gasteiger partial charge in [0.2, 0.25) is 0 Å². The molecule has 0 radical (unpaired) electrons. The predicted molar refractivity (Wildman–Crippen MR) is 94.1 cm³/mol. The van der Waals surface area contributed by atoms with Gasteiger partial charge in [0.25, 0.3) is 11.8 Å². The van der Waals surface area contributed by atoms with Crippen molar-refractivity contribution in [2.75, 3.05) is 23.9 Å². The van der Waals surface area contributed by atoms with Crippen molar-refractivity contribution in [1.82, 2.24) is 4.98 Å². The number of likely N-dealkylation sites (N-methyl/N-ethyl adjacent to an activating group) is 1. The number of ether oxygens (including phenoxy) is 1. The molecule has 0 aliphatic rings. The molecular formula is C17H15N3O4S. The number of furan rings is 1. The standard InChI is InChI=1S/C17H15N3O4S/c1-20(17-18-7-9-25-17)15(21)11-24-13-5-2-4-12(10-13)19-16(22)14-6-3-8-23-14/h2-10H,11H2,1H3,(H,19,22). The molecule has 8 heteroatoms. The second-order valence-corrected chi connectivity index (χ2v) is 5.89. The van der Waals surface area contributed by atoms with Crippen molar-refractivity contribution in [2.24, 2.45) is 0 Å². The highest BCUT2D eigenvalue weighted by atomic mass is 32.1. The van der Waals surface area contributed by atoms with Gasteiger partial charge in [0, 0.05) is 30.4 Å². The first kappa shape index (κ1) is 16.7. The van der Waals surface area contributed by atoms with Gasteiger partial charge in [-0.05, 0) is 24.3 Å². The molecule has 2 amide bonds. The minimum atomic E-state index is -0.360. The first-order valence-electron chi connectivity index (χ1n) is 7.37. The number of amides is 2. The molecule has 25 heavy (non-hydrogen) atoms. The molecule has 0 bridgehead atoms. The summed E-state index contributed by atoms with van der Waals surface area (Å²) in [6.45, 7) is -0.133. The van der Waals surface area contributed by atoms with E-state index in [4.69, 9.17) is 9.15 Å². The normalized spacial score (nSPS) is 10.3. The van der Waals surface area contributed by atoms with Gasteiger partial charge in [-0.2, -0.15) is 0 Å². The third-order valence-electron chi connectivity index (χ3n) is 3.28. The van der Waals surface area contributed by atoms with Crippen LogP contribution in [0.2, 0.25) is 0 Å². The van der Waals surface area contributed by atoms with E-state index in [0.29, 0.717) is 16.6 Å². The van der Waals surface area contributed by atoms with Crippen LogP contribution in [0.5, 0.6) is 5.75 Å². The van der Waals surface area contributed by atoms with E-state index in [0.717, 1.165) is 0 Å². The predicted octanol–water partition coefficient (Wildman–Crippen LogP) is 3.03. The Labute approximate surface area is 147 Å². The lowest BCUT2D eigenvalue weighted by Crippen LogP contribution is -2.31. The van der Waals surface area contributed by atoms with Crippen molar-refractivity contribution in [2.45, 2.75) is 0 Å². The smallest absolute Gasteiger partial charge is 0.291 e. The molecule has 2 aromatic heterocycles. The van der Waals surface area contributed by atoms with Gasteiger partial charge in [0.15, 0.2) is 17.5 Å². The van der Waals surface area contributed by atoms with Crippen LogP contribution in [0.15, 0.2) is 58.7 Å². The van der Waals surface area contributed by atoms with Crippen LogP contribution in [0.3, 0.4) is 0 Å². The molecule has 7 nitrogen and oxygen atoms in total. The first-order valence-corrected chi connectivity index (χ1v) is 8.25. The van der Waals surface area contributed by atoms with Crippen molar-refractivity contribution in [1.29, 1.82) is 0 Å². The number of nitrogens with one attached hydrogen (secondary N) is 1. The largest absolute Gasteiger partial charge is 0.484 e. The summed E-state index contributed by atoms with van der Waals surface area (Å²) >= 11 is 1.37. The monoisotopic (exact) mass is 357 g/mol. The summed E-state index contributed by atoms with van der Waals surface area (Å²) < 4.78 is 10.6. The Morgan fingerprint density at radius 1 is 1.32 bits per heavy atom. The third-order valence-corrected chi connectivity index (χ3v) is 4.13. The zero-order valence-corrected chi connectivity index (χ0v) is 14.2. The summed E-state index contributed by atoms with van der Waals surface area (Å²) in [6, 6.07) is 10.00. The average Bonchev–Trinajstić information content (AvgIpc) is 3.32. The molecule has 3 rings (SSSR count). The van der Waals surface area contributed by atoms with E-state index in [-0.39, 0.29) is 24.2 Å². The van der Waals surface area contributed by atoms with Crippen LogP contribution >= 0.6 is 11.3 Å². The molecular weight excluding hydrogens is 342 g/mol. The molecule has 0 spiro atoms. The molecule has 0 unspecified atom stereocenters. The molecule has 0 aliphatic carbocycles. The van der Waals surface area contributed by atoms with Crippen molar-refractivity contribution in [3.05, 3.63) is 60.0 Å². The molecule has 0 saturated heterocycles. The fourth-order valence-corrected chi connectivity index (χ4v) is 2.62. The van der Waals surface area contributed by atoms with Gasteiger partial charge < -0.3 is 14.5 Å². The summed E-state index contributed by atoms with van der Waals surface area (Å²) in [5.74, 6) is 0.103. The Bertz CT molecular complexity index is 847. The minimum Gasteiger partial charge on any atom is -0.484 e. The van der Waals surface area contributed by atoms with Crippen molar-refractivity contribution in [3.63, 3.8) is 0 Å². The van der Waals surface area contributed by atoms with Crippen LogP contribution in [-0.2, 0) is 4.79 Å². The number of rotatable bonds is 6. The third kappa shape index (κ3) is 4.24. The van der Waals surface area contributed by atoms with Crippen LogP contribution in [0.4, 0.5) is 10.8 Å². The second-order valence-electron chi connectivity index (χ2n) is 5.02. The number of nitrogens with zero attached hydrogens (tertiary/aromatic N) is 2. The quantitative estimate of drug-likeness (QED) is 0.733. The van der Waals surface area contributed by atoms with Crippen LogP contribution in [0.1, 0.15) is 10.6 Å². The molecule has 0 saturated carbocycles. The zero-order valence-electron chi connectivity index (χ0n) is 13.3. The fourth-order valence-electron chi connectivity index (χ4n) is 1.99. The average molecular weight is 357 g/mol. The number of thiazole rings is 1. The summed E-state index contributed by atoms with van der Waals surface area (Å²) in [5.41, 5.74) is 0.541. The van der Waals surface area contributed by atoms with E-state index in [1.165, 1.54) is 22.5 Å². The number of aromatic nitrogens is 1. The van der Waals surface area contributed by atoms with E-state index in [1.807, 2.05) is 0 Å². The van der Waals surface area contributed by atoms with Gasteiger partial charge in [-0.3, -0.25) is 14.5 Å². The molecule has 2 heterocycles.